The summed E-state index contributed by atoms with van der Waals surface area (Å²) in [4.78, 5) is 18.8. The highest BCUT2D eigenvalue weighted by molar-refractivity contribution is 6.07. The van der Waals surface area contributed by atoms with E-state index in [0.717, 1.165) is 37.6 Å². The van der Waals surface area contributed by atoms with Crippen LogP contribution in [0.1, 0.15) is 27.6 Å². The number of rotatable bonds is 7. The van der Waals surface area contributed by atoms with Crippen molar-refractivity contribution in [3.8, 4) is 5.75 Å². The van der Waals surface area contributed by atoms with Gasteiger partial charge in [0.1, 0.15) is 5.75 Å². The zero-order valence-electron chi connectivity index (χ0n) is 16.8. The summed E-state index contributed by atoms with van der Waals surface area (Å²) in [5.41, 5.74) is 2.69. The van der Waals surface area contributed by atoms with E-state index in [-0.39, 0.29) is 12.4 Å². The summed E-state index contributed by atoms with van der Waals surface area (Å²) in [6.45, 7) is 5.21. The molecule has 0 amide bonds. The quantitative estimate of drug-likeness (QED) is 0.438. The van der Waals surface area contributed by atoms with Crippen molar-refractivity contribution < 1.29 is 18.8 Å². The standard InChI is InChI=1S/C23H23N3O4/c1-17-24-23(25-30-17)16-29-21-9-2-18(3-10-21)4-11-22(27)19-5-7-20(8-6-19)26-12-14-28-15-13-26/h2-11H,12-16H2,1H3. The van der Waals surface area contributed by atoms with Gasteiger partial charge in [-0.2, -0.15) is 4.98 Å². The topological polar surface area (TPSA) is 77.7 Å². The van der Waals surface area contributed by atoms with E-state index in [1.807, 2.05) is 48.5 Å². The van der Waals surface area contributed by atoms with Crippen LogP contribution in [0.3, 0.4) is 0 Å². The lowest BCUT2D eigenvalue weighted by atomic mass is 10.1. The number of morpholine rings is 1. The number of nitrogens with zero attached hydrogens (tertiary/aromatic N) is 3. The first kappa shape index (κ1) is 19.8. The largest absolute Gasteiger partial charge is 0.485 e. The first-order valence-electron chi connectivity index (χ1n) is 9.84. The normalized spacial score (nSPS) is 14.2. The molecule has 1 aliphatic rings. The average molecular weight is 405 g/mol. The Kier molecular flexibility index (Phi) is 6.20. The second-order valence-electron chi connectivity index (χ2n) is 6.93. The van der Waals surface area contributed by atoms with Gasteiger partial charge in [0.15, 0.2) is 12.4 Å². The van der Waals surface area contributed by atoms with Gasteiger partial charge in [-0.05, 0) is 48.0 Å². The van der Waals surface area contributed by atoms with Gasteiger partial charge >= 0.3 is 0 Å². The molecule has 3 aromatic rings. The molecule has 1 aromatic heterocycles. The second-order valence-corrected chi connectivity index (χ2v) is 6.93. The van der Waals surface area contributed by atoms with Crippen molar-refractivity contribution in [2.45, 2.75) is 13.5 Å². The van der Waals surface area contributed by atoms with Gasteiger partial charge < -0.3 is 18.9 Å². The number of benzene rings is 2. The van der Waals surface area contributed by atoms with Gasteiger partial charge in [0.25, 0.3) is 0 Å². The van der Waals surface area contributed by atoms with Gasteiger partial charge in [0, 0.05) is 31.3 Å². The van der Waals surface area contributed by atoms with E-state index in [1.54, 1.807) is 19.1 Å². The van der Waals surface area contributed by atoms with Gasteiger partial charge in [-0.25, -0.2) is 0 Å². The predicted molar refractivity (Wildman–Crippen MR) is 113 cm³/mol. The Morgan fingerprint density at radius 3 is 2.50 bits per heavy atom. The van der Waals surface area contributed by atoms with E-state index in [2.05, 4.69) is 15.0 Å². The van der Waals surface area contributed by atoms with Crippen LogP contribution < -0.4 is 9.64 Å². The SMILES string of the molecule is Cc1nc(COc2ccc(C=CC(=O)c3ccc(N4CCOCC4)cc3)cc2)no1. The molecule has 7 heteroatoms. The summed E-state index contributed by atoms with van der Waals surface area (Å²) in [6.07, 6.45) is 3.38. The third-order valence-corrected chi connectivity index (χ3v) is 4.77. The number of hydrogen-bond donors (Lipinski definition) is 0. The first-order valence-corrected chi connectivity index (χ1v) is 9.84. The van der Waals surface area contributed by atoms with Crippen LogP contribution >= 0.6 is 0 Å². The fraction of sp³-hybridized carbons (Fsp3) is 0.261. The van der Waals surface area contributed by atoms with Crippen molar-refractivity contribution in [1.82, 2.24) is 10.1 Å². The highest BCUT2D eigenvalue weighted by Gasteiger charge is 2.11. The lowest BCUT2D eigenvalue weighted by molar-refractivity contribution is 0.104. The number of carbonyl (C=O) groups is 1. The van der Waals surface area contributed by atoms with Crippen LogP contribution in [0.2, 0.25) is 0 Å². The zero-order chi connectivity index (χ0) is 20.8. The lowest BCUT2D eigenvalue weighted by Crippen LogP contribution is -2.36. The van der Waals surface area contributed by atoms with Crippen molar-refractivity contribution in [3.63, 3.8) is 0 Å². The van der Waals surface area contributed by atoms with E-state index in [1.165, 1.54) is 0 Å². The molecular formula is C23H23N3O4. The summed E-state index contributed by atoms with van der Waals surface area (Å²) >= 11 is 0. The Hall–Kier alpha value is -3.45. The van der Waals surface area contributed by atoms with Crippen molar-refractivity contribution in [2.75, 3.05) is 31.2 Å². The maximum Gasteiger partial charge on any atom is 0.223 e. The van der Waals surface area contributed by atoms with E-state index >= 15 is 0 Å². The molecule has 1 fully saturated rings. The summed E-state index contributed by atoms with van der Waals surface area (Å²) in [5.74, 6) is 1.67. The smallest absolute Gasteiger partial charge is 0.223 e. The molecule has 30 heavy (non-hydrogen) atoms. The minimum Gasteiger partial charge on any atom is -0.485 e. The van der Waals surface area contributed by atoms with Gasteiger partial charge in [0.05, 0.1) is 13.2 Å². The van der Waals surface area contributed by atoms with Gasteiger partial charge in [-0.3, -0.25) is 4.79 Å². The number of aromatic nitrogens is 2. The van der Waals surface area contributed by atoms with Crippen molar-refractivity contribution in [2.24, 2.45) is 0 Å². The Morgan fingerprint density at radius 1 is 1.10 bits per heavy atom. The predicted octanol–water partition coefficient (Wildman–Crippen LogP) is 3.69. The molecule has 154 valence electrons. The molecule has 0 unspecified atom stereocenters. The molecule has 2 heterocycles. The third-order valence-electron chi connectivity index (χ3n) is 4.77. The first-order chi connectivity index (χ1) is 14.7. The maximum atomic E-state index is 12.5. The number of ketones is 1. The fourth-order valence-corrected chi connectivity index (χ4v) is 3.15. The highest BCUT2D eigenvalue weighted by atomic mass is 16.5. The Morgan fingerprint density at radius 2 is 1.83 bits per heavy atom. The molecule has 2 aromatic carbocycles. The van der Waals surface area contributed by atoms with E-state index < -0.39 is 0 Å². The zero-order valence-corrected chi connectivity index (χ0v) is 16.8. The molecule has 0 spiro atoms. The Labute approximate surface area is 174 Å². The number of ether oxygens (including phenoxy) is 2. The van der Waals surface area contributed by atoms with Crippen LogP contribution in [-0.2, 0) is 11.3 Å². The number of aryl methyl sites for hydroxylation is 1. The molecule has 4 rings (SSSR count). The summed E-state index contributed by atoms with van der Waals surface area (Å²) in [6, 6.07) is 15.2. The highest BCUT2D eigenvalue weighted by Crippen LogP contribution is 2.18. The van der Waals surface area contributed by atoms with E-state index in [9.17, 15) is 4.79 Å². The minimum atomic E-state index is -0.0312. The number of anilines is 1. The molecule has 0 saturated carbocycles. The molecular weight excluding hydrogens is 382 g/mol. The van der Waals surface area contributed by atoms with Crippen molar-refractivity contribution in [3.05, 3.63) is 77.4 Å². The summed E-state index contributed by atoms with van der Waals surface area (Å²) in [5, 5.41) is 3.79. The summed E-state index contributed by atoms with van der Waals surface area (Å²) in [7, 11) is 0. The molecule has 1 saturated heterocycles. The van der Waals surface area contributed by atoms with E-state index in [4.69, 9.17) is 14.0 Å². The minimum absolute atomic E-state index is 0.0312. The van der Waals surface area contributed by atoms with Crippen molar-refractivity contribution >= 4 is 17.5 Å². The number of carbonyl (C=O) groups excluding carboxylic acids is 1. The number of allylic oxidation sites excluding steroid dienone is 1. The molecule has 1 aliphatic heterocycles. The van der Waals surface area contributed by atoms with Crippen LogP contribution in [-0.4, -0.2) is 42.2 Å². The van der Waals surface area contributed by atoms with Crippen molar-refractivity contribution in [1.29, 1.82) is 0 Å². The van der Waals surface area contributed by atoms with Gasteiger partial charge in [0.2, 0.25) is 11.7 Å². The molecule has 0 N–H and O–H groups in total. The van der Waals surface area contributed by atoms with Gasteiger partial charge in [-0.1, -0.05) is 23.4 Å². The lowest BCUT2D eigenvalue weighted by Gasteiger charge is -2.28. The van der Waals surface area contributed by atoms with Crippen LogP contribution in [0.5, 0.6) is 5.75 Å². The second kappa shape index (κ2) is 9.37. The van der Waals surface area contributed by atoms with Crippen LogP contribution in [0.15, 0.2) is 59.1 Å². The Bertz CT molecular complexity index is 1000. The monoisotopic (exact) mass is 405 g/mol. The Balaban J connectivity index is 1.32. The van der Waals surface area contributed by atoms with Gasteiger partial charge in [-0.15, -0.1) is 0 Å². The molecule has 0 bridgehead atoms. The van der Waals surface area contributed by atoms with Crippen LogP contribution in [0.4, 0.5) is 5.69 Å². The molecule has 0 radical (unpaired) electrons. The summed E-state index contributed by atoms with van der Waals surface area (Å²) < 4.78 is 15.9. The third kappa shape index (κ3) is 5.12. The molecule has 7 nitrogen and oxygen atoms in total. The van der Waals surface area contributed by atoms with Crippen LogP contribution in [0.25, 0.3) is 6.08 Å². The van der Waals surface area contributed by atoms with Crippen LogP contribution in [0, 0.1) is 6.92 Å². The molecule has 0 atom stereocenters. The fourth-order valence-electron chi connectivity index (χ4n) is 3.15. The van der Waals surface area contributed by atoms with E-state index in [0.29, 0.717) is 23.0 Å². The average Bonchev–Trinajstić information content (AvgIpc) is 3.22. The number of hydrogen-bond acceptors (Lipinski definition) is 7. The maximum absolute atomic E-state index is 12.5. The molecule has 0 aliphatic carbocycles.